The van der Waals surface area contributed by atoms with E-state index in [2.05, 4.69) is 21.2 Å². The maximum Gasteiger partial charge on any atom is 0.262 e. The number of hydrogen-bond donors (Lipinski definition) is 1. The van der Waals surface area contributed by atoms with Gasteiger partial charge in [-0.2, -0.15) is 0 Å². The Morgan fingerprint density at radius 3 is 2.80 bits per heavy atom. The van der Waals surface area contributed by atoms with Gasteiger partial charge in [0.15, 0.2) is 6.61 Å². The van der Waals surface area contributed by atoms with E-state index in [1.807, 2.05) is 6.07 Å². The van der Waals surface area contributed by atoms with Gasteiger partial charge >= 0.3 is 0 Å². The quantitative estimate of drug-likeness (QED) is 0.887. The van der Waals surface area contributed by atoms with E-state index in [1.165, 1.54) is 12.1 Å². The molecule has 20 heavy (non-hydrogen) atoms. The van der Waals surface area contributed by atoms with E-state index < -0.39 is 5.82 Å². The first kappa shape index (κ1) is 14.8. The molecule has 0 aliphatic heterocycles. The molecule has 0 bridgehead atoms. The fourth-order valence-electron chi connectivity index (χ4n) is 1.50. The molecule has 0 unspecified atom stereocenters. The number of halogens is 3. The van der Waals surface area contributed by atoms with E-state index in [-0.39, 0.29) is 23.3 Å². The number of hydrogen-bond acceptors (Lipinski definition) is 2. The van der Waals surface area contributed by atoms with Crippen LogP contribution in [0.1, 0.15) is 0 Å². The zero-order valence-corrected chi connectivity index (χ0v) is 12.5. The molecule has 104 valence electrons. The highest BCUT2D eigenvalue weighted by atomic mass is 79.9. The topological polar surface area (TPSA) is 38.3 Å². The fraction of sp³-hybridized carbons (Fsp3) is 0.0714. The first-order chi connectivity index (χ1) is 9.54. The lowest BCUT2D eigenvalue weighted by atomic mass is 10.3. The van der Waals surface area contributed by atoms with E-state index in [0.717, 1.165) is 10.5 Å². The van der Waals surface area contributed by atoms with E-state index in [4.69, 9.17) is 16.3 Å². The Bertz CT molecular complexity index is 636. The molecule has 0 saturated heterocycles. The van der Waals surface area contributed by atoms with Crippen molar-refractivity contribution in [1.82, 2.24) is 0 Å². The number of benzene rings is 2. The average molecular weight is 359 g/mol. The van der Waals surface area contributed by atoms with Crippen LogP contribution in [-0.2, 0) is 4.79 Å². The third kappa shape index (κ3) is 4.21. The molecule has 2 aromatic rings. The third-order valence-corrected chi connectivity index (χ3v) is 3.15. The van der Waals surface area contributed by atoms with Crippen molar-refractivity contribution in [2.45, 2.75) is 0 Å². The Labute approximate surface area is 128 Å². The van der Waals surface area contributed by atoms with Crippen LogP contribution in [0, 0.1) is 5.82 Å². The Morgan fingerprint density at radius 1 is 1.30 bits per heavy atom. The Morgan fingerprint density at radius 2 is 2.10 bits per heavy atom. The van der Waals surface area contributed by atoms with Crippen molar-refractivity contribution in [3.63, 3.8) is 0 Å². The number of anilines is 1. The molecule has 0 radical (unpaired) electrons. The van der Waals surface area contributed by atoms with Crippen LogP contribution in [0.3, 0.4) is 0 Å². The van der Waals surface area contributed by atoms with Crippen molar-refractivity contribution in [2.75, 3.05) is 11.9 Å². The molecule has 1 N–H and O–H groups in total. The molecule has 0 aliphatic rings. The summed E-state index contributed by atoms with van der Waals surface area (Å²) in [5.74, 6) is -0.526. The van der Waals surface area contributed by atoms with Crippen molar-refractivity contribution in [2.24, 2.45) is 0 Å². The smallest absolute Gasteiger partial charge is 0.262 e. The molecule has 6 heteroatoms. The largest absolute Gasteiger partial charge is 0.482 e. The van der Waals surface area contributed by atoms with Gasteiger partial charge in [0.1, 0.15) is 11.6 Å². The molecular formula is C14H10BrClFNO2. The van der Waals surface area contributed by atoms with Gasteiger partial charge in [-0.05, 0) is 36.4 Å². The number of rotatable bonds is 4. The van der Waals surface area contributed by atoms with Crippen LogP contribution in [0.25, 0.3) is 0 Å². The second-order valence-corrected chi connectivity index (χ2v) is 5.24. The first-order valence-electron chi connectivity index (χ1n) is 5.68. The number of carbonyl (C=O) groups is 1. The number of nitrogens with one attached hydrogen (secondary N) is 1. The van der Waals surface area contributed by atoms with Gasteiger partial charge in [-0.15, -0.1) is 0 Å². The second kappa shape index (κ2) is 6.72. The maximum absolute atomic E-state index is 12.8. The maximum atomic E-state index is 12.8. The van der Waals surface area contributed by atoms with Crippen LogP contribution in [0.4, 0.5) is 10.1 Å². The van der Waals surface area contributed by atoms with Gasteiger partial charge in [0.05, 0.1) is 5.02 Å². The van der Waals surface area contributed by atoms with E-state index in [0.29, 0.717) is 5.69 Å². The van der Waals surface area contributed by atoms with Crippen molar-refractivity contribution < 1.29 is 13.9 Å². The Kier molecular flexibility index (Phi) is 4.98. The van der Waals surface area contributed by atoms with Crippen molar-refractivity contribution >= 4 is 39.1 Å². The SMILES string of the molecule is O=C(COc1ccc(F)cc1Cl)Nc1cccc(Br)c1. The van der Waals surface area contributed by atoms with E-state index in [9.17, 15) is 9.18 Å². The zero-order chi connectivity index (χ0) is 14.5. The summed E-state index contributed by atoms with van der Waals surface area (Å²) in [6.07, 6.45) is 0. The Hall–Kier alpha value is -1.59. The summed E-state index contributed by atoms with van der Waals surface area (Å²) in [6, 6.07) is 10.9. The van der Waals surface area contributed by atoms with E-state index >= 15 is 0 Å². The van der Waals surface area contributed by atoms with Gasteiger partial charge in [-0.1, -0.05) is 33.6 Å². The summed E-state index contributed by atoms with van der Waals surface area (Å²) in [4.78, 5) is 11.7. The van der Waals surface area contributed by atoms with Gasteiger partial charge in [0.25, 0.3) is 5.91 Å². The zero-order valence-electron chi connectivity index (χ0n) is 10.2. The van der Waals surface area contributed by atoms with Crippen LogP contribution in [0.2, 0.25) is 5.02 Å². The van der Waals surface area contributed by atoms with Crippen LogP contribution < -0.4 is 10.1 Å². The van der Waals surface area contributed by atoms with E-state index in [1.54, 1.807) is 18.2 Å². The molecule has 2 aromatic carbocycles. The predicted octanol–water partition coefficient (Wildman–Crippen LogP) is 4.26. The molecule has 3 nitrogen and oxygen atoms in total. The van der Waals surface area contributed by atoms with Crippen molar-refractivity contribution in [3.05, 3.63) is 57.8 Å². The van der Waals surface area contributed by atoms with Crippen LogP contribution in [0.15, 0.2) is 46.9 Å². The first-order valence-corrected chi connectivity index (χ1v) is 6.85. The molecule has 0 aromatic heterocycles. The summed E-state index contributed by atoms with van der Waals surface area (Å²) in [5, 5.41) is 2.80. The normalized spacial score (nSPS) is 10.2. The number of amides is 1. The second-order valence-electron chi connectivity index (χ2n) is 3.92. The minimum Gasteiger partial charge on any atom is -0.482 e. The van der Waals surface area contributed by atoms with Crippen molar-refractivity contribution in [1.29, 1.82) is 0 Å². The van der Waals surface area contributed by atoms with Crippen molar-refractivity contribution in [3.8, 4) is 5.75 Å². The van der Waals surface area contributed by atoms with Gasteiger partial charge in [-0.25, -0.2) is 4.39 Å². The highest BCUT2D eigenvalue weighted by Crippen LogP contribution is 2.24. The molecule has 0 heterocycles. The summed E-state index contributed by atoms with van der Waals surface area (Å²) in [7, 11) is 0. The summed E-state index contributed by atoms with van der Waals surface area (Å²) >= 11 is 9.10. The minimum absolute atomic E-state index is 0.125. The predicted molar refractivity (Wildman–Crippen MR) is 79.7 cm³/mol. The summed E-state index contributed by atoms with van der Waals surface area (Å²) < 4.78 is 18.9. The minimum atomic E-state index is -0.457. The molecule has 1 amide bonds. The lowest BCUT2D eigenvalue weighted by Gasteiger charge is -2.09. The van der Waals surface area contributed by atoms with Gasteiger partial charge in [0, 0.05) is 10.2 Å². The van der Waals surface area contributed by atoms with Gasteiger partial charge < -0.3 is 10.1 Å². The molecule has 0 atom stereocenters. The van der Waals surface area contributed by atoms with Gasteiger partial charge in [-0.3, -0.25) is 4.79 Å². The lowest BCUT2D eigenvalue weighted by Crippen LogP contribution is -2.20. The molecule has 2 rings (SSSR count). The highest BCUT2D eigenvalue weighted by Gasteiger charge is 2.07. The highest BCUT2D eigenvalue weighted by molar-refractivity contribution is 9.10. The molecular weight excluding hydrogens is 349 g/mol. The third-order valence-electron chi connectivity index (χ3n) is 2.36. The number of ether oxygens (including phenoxy) is 1. The van der Waals surface area contributed by atoms with Gasteiger partial charge in [0.2, 0.25) is 0 Å². The molecule has 0 aliphatic carbocycles. The Balaban J connectivity index is 1.92. The lowest BCUT2D eigenvalue weighted by molar-refractivity contribution is -0.118. The summed E-state index contributed by atoms with van der Waals surface area (Å²) in [6.45, 7) is -0.210. The van der Waals surface area contributed by atoms with Crippen LogP contribution in [-0.4, -0.2) is 12.5 Å². The monoisotopic (exact) mass is 357 g/mol. The average Bonchev–Trinajstić information content (AvgIpc) is 2.37. The molecule has 0 fully saturated rings. The molecule has 0 spiro atoms. The van der Waals surface area contributed by atoms with Crippen LogP contribution >= 0.6 is 27.5 Å². The molecule has 0 saturated carbocycles. The van der Waals surface area contributed by atoms with Crippen LogP contribution in [0.5, 0.6) is 5.75 Å². The fourth-order valence-corrected chi connectivity index (χ4v) is 2.12. The standard InChI is InChI=1S/C14H10BrClFNO2/c15-9-2-1-3-11(6-9)18-14(19)8-20-13-5-4-10(17)7-12(13)16/h1-7H,8H2,(H,18,19). The number of carbonyl (C=O) groups excluding carboxylic acids is 1. The summed E-state index contributed by atoms with van der Waals surface area (Å²) in [5.41, 5.74) is 0.651.